The molecule has 0 spiro atoms. The van der Waals surface area contributed by atoms with Crippen LogP contribution < -0.4 is 10.1 Å². The number of thiophene rings is 1. The van der Waals surface area contributed by atoms with Crippen molar-refractivity contribution in [1.29, 1.82) is 0 Å². The van der Waals surface area contributed by atoms with E-state index in [9.17, 15) is 9.59 Å². The molecule has 0 aliphatic rings. The molecule has 0 bridgehead atoms. The highest BCUT2D eigenvalue weighted by Gasteiger charge is 2.23. The molecule has 0 radical (unpaired) electrons. The number of carbonyl (C=O) groups is 2. The van der Waals surface area contributed by atoms with E-state index in [-0.39, 0.29) is 13.2 Å². The minimum absolute atomic E-state index is 0.211. The Kier molecular flexibility index (Phi) is 7.37. The second-order valence-corrected chi connectivity index (χ2v) is 8.05. The lowest BCUT2D eigenvalue weighted by molar-refractivity contribution is -0.118. The van der Waals surface area contributed by atoms with Crippen molar-refractivity contribution < 1.29 is 19.1 Å². The van der Waals surface area contributed by atoms with E-state index in [4.69, 9.17) is 32.7 Å². The molecule has 30 heavy (non-hydrogen) atoms. The summed E-state index contributed by atoms with van der Waals surface area (Å²) in [5.74, 6) is -0.364. The van der Waals surface area contributed by atoms with Crippen LogP contribution in [-0.4, -0.2) is 25.1 Å². The number of esters is 1. The maximum absolute atomic E-state index is 12.6. The van der Waals surface area contributed by atoms with Crippen LogP contribution >= 0.6 is 34.5 Å². The van der Waals surface area contributed by atoms with Gasteiger partial charge in [0.15, 0.2) is 6.61 Å². The minimum atomic E-state index is -0.506. The van der Waals surface area contributed by atoms with Crippen molar-refractivity contribution in [1.82, 2.24) is 0 Å². The van der Waals surface area contributed by atoms with Gasteiger partial charge in [-0.25, -0.2) is 4.79 Å². The summed E-state index contributed by atoms with van der Waals surface area (Å²) >= 11 is 13.2. The molecule has 0 unspecified atom stereocenters. The maximum atomic E-state index is 12.6. The zero-order valence-corrected chi connectivity index (χ0v) is 18.7. The van der Waals surface area contributed by atoms with E-state index in [0.717, 1.165) is 11.1 Å². The van der Waals surface area contributed by atoms with Gasteiger partial charge in [-0.05, 0) is 55.3 Å². The molecule has 0 aliphatic heterocycles. The molecule has 8 heteroatoms. The smallest absolute Gasteiger partial charge is 0.341 e. The van der Waals surface area contributed by atoms with E-state index in [2.05, 4.69) is 5.32 Å². The van der Waals surface area contributed by atoms with Gasteiger partial charge in [-0.1, -0.05) is 35.3 Å². The van der Waals surface area contributed by atoms with Gasteiger partial charge in [-0.15, -0.1) is 11.3 Å². The van der Waals surface area contributed by atoms with Gasteiger partial charge in [0.25, 0.3) is 5.91 Å². The van der Waals surface area contributed by atoms with E-state index >= 15 is 0 Å². The van der Waals surface area contributed by atoms with E-state index in [1.54, 1.807) is 42.6 Å². The van der Waals surface area contributed by atoms with Crippen molar-refractivity contribution in [2.75, 3.05) is 18.5 Å². The molecule has 1 heterocycles. The van der Waals surface area contributed by atoms with Crippen LogP contribution in [0.2, 0.25) is 10.0 Å². The first-order chi connectivity index (χ1) is 14.4. The fourth-order valence-corrected chi connectivity index (χ4v) is 3.93. The molecule has 0 atom stereocenters. The van der Waals surface area contributed by atoms with Crippen LogP contribution in [0.1, 0.15) is 22.8 Å². The number of benzene rings is 2. The van der Waals surface area contributed by atoms with Crippen LogP contribution in [0, 0.1) is 6.92 Å². The second-order valence-electron chi connectivity index (χ2n) is 6.33. The molecule has 1 amide bonds. The molecule has 0 saturated carbocycles. The normalized spacial score (nSPS) is 10.5. The fraction of sp³-hybridized carbons (Fsp3) is 0.182. The second kappa shape index (κ2) is 9.98. The molecule has 3 aromatic rings. The van der Waals surface area contributed by atoms with Gasteiger partial charge in [0.05, 0.1) is 6.61 Å². The first-order valence-corrected chi connectivity index (χ1v) is 10.8. The lowest BCUT2D eigenvalue weighted by atomic mass is 10.0. The SMILES string of the molecule is CCOC(=O)c1c(-c2ccc(Cl)cc2)csc1NC(=O)COc1ccc(Cl)c(C)c1. The predicted molar refractivity (Wildman–Crippen MR) is 121 cm³/mol. The number of aryl methyl sites for hydroxylation is 1. The van der Waals surface area contributed by atoms with Gasteiger partial charge in [-0.3, -0.25) is 4.79 Å². The van der Waals surface area contributed by atoms with Crippen LogP contribution in [0.5, 0.6) is 5.75 Å². The largest absolute Gasteiger partial charge is 0.484 e. The van der Waals surface area contributed by atoms with E-state index in [1.807, 2.05) is 19.1 Å². The Morgan fingerprint density at radius 2 is 1.83 bits per heavy atom. The van der Waals surface area contributed by atoms with Gasteiger partial charge in [-0.2, -0.15) is 0 Å². The third-order valence-electron chi connectivity index (χ3n) is 4.18. The Bertz CT molecular complexity index is 1060. The van der Waals surface area contributed by atoms with Gasteiger partial charge < -0.3 is 14.8 Å². The first-order valence-electron chi connectivity index (χ1n) is 9.12. The molecule has 0 aliphatic carbocycles. The summed E-state index contributed by atoms with van der Waals surface area (Å²) in [5.41, 5.74) is 2.62. The lowest BCUT2D eigenvalue weighted by Gasteiger charge is -2.10. The fourth-order valence-electron chi connectivity index (χ4n) is 2.72. The molecule has 3 rings (SSSR count). The molecule has 156 valence electrons. The van der Waals surface area contributed by atoms with E-state index < -0.39 is 11.9 Å². The van der Waals surface area contributed by atoms with Gasteiger partial charge in [0.1, 0.15) is 16.3 Å². The number of anilines is 1. The van der Waals surface area contributed by atoms with Crippen LogP contribution in [0.4, 0.5) is 5.00 Å². The number of nitrogens with one attached hydrogen (secondary N) is 1. The van der Waals surface area contributed by atoms with Crippen LogP contribution in [0.25, 0.3) is 11.1 Å². The summed E-state index contributed by atoms with van der Waals surface area (Å²) in [6, 6.07) is 12.3. The average molecular weight is 464 g/mol. The molecule has 1 aromatic heterocycles. The summed E-state index contributed by atoms with van der Waals surface area (Å²) < 4.78 is 10.7. The van der Waals surface area contributed by atoms with Crippen molar-refractivity contribution in [3.05, 3.63) is 69.0 Å². The first kappa shape index (κ1) is 22.2. The third kappa shape index (κ3) is 5.33. The van der Waals surface area contributed by atoms with Crippen LogP contribution in [0.15, 0.2) is 47.8 Å². The standard InChI is InChI=1S/C22H19Cl2NO4S/c1-3-28-22(27)20-17(14-4-6-15(23)7-5-14)12-30-21(20)25-19(26)11-29-16-8-9-18(24)13(2)10-16/h4-10,12H,3,11H2,1-2H3,(H,25,26). The minimum Gasteiger partial charge on any atom is -0.484 e. The molecule has 5 nitrogen and oxygen atoms in total. The summed E-state index contributed by atoms with van der Waals surface area (Å²) in [6.07, 6.45) is 0. The summed E-state index contributed by atoms with van der Waals surface area (Å²) in [4.78, 5) is 25.0. The molecule has 2 aromatic carbocycles. The van der Waals surface area contributed by atoms with Gasteiger partial charge in [0.2, 0.25) is 0 Å². The summed E-state index contributed by atoms with van der Waals surface area (Å²) in [5, 5.41) is 6.17. The highest BCUT2D eigenvalue weighted by atomic mass is 35.5. The number of rotatable bonds is 7. The number of amides is 1. The summed E-state index contributed by atoms with van der Waals surface area (Å²) in [6.45, 7) is 3.59. The Hall–Kier alpha value is -2.54. The topological polar surface area (TPSA) is 64.6 Å². The molecule has 1 N–H and O–H groups in total. The molecular weight excluding hydrogens is 445 g/mol. The van der Waals surface area contributed by atoms with Crippen molar-refractivity contribution in [2.24, 2.45) is 0 Å². The molecular formula is C22H19Cl2NO4S. The monoisotopic (exact) mass is 463 g/mol. The summed E-state index contributed by atoms with van der Waals surface area (Å²) in [7, 11) is 0. The number of carbonyl (C=O) groups excluding carboxylic acids is 2. The van der Waals surface area contributed by atoms with Gasteiger partial charge in [0, 0.05) is 21.0 Å². The quantitative estimate of drug-likeness (QED) is 0.422. The van der Waals surface area contributed by atoms with Crippen molar-refractivity contribution in [2.45, 2.75) is 13.8 Å². The lowest BCUT2D eigenvalue weighted by Crippen LogP contribution is -2.21. The van der Waals surface area contributed by atoms with E-state index in [1.165, 1.54) is 11.3 Å². The maximum Gasteiger partial charge on any atom is 0.341 e. The Labute approximate surface area is 188 Å². The Morgan fingerprint density at radius 1 is 1.10 bits per heavy atom. The highest BCUT2D eigenvalue weighted by molar-refractivity contribution is 7.15. The van der Waals surface area contributed by atoms with E-state index in [0.29, 0.717) is 31.9 Å². The van der Waals surface area contributed by atoms with Crippen molar-refractivity contribution in [3.63, 3.8) is 0 Å². The van der Waals surface area contributed by atoms with Gasteiger partial charge >= 0.3 is 5.97 Å². The third-order valence-corrected chi connectivity index (χ3v) is 5.75. The van der Waals surface area contributed by atoms with Crippen LogP contribution in [0.3, 0.4) is 0 Å². The van der Waals surface area contributed by atoms with Crippen molar-refractivity contribution in [3.8, 4) is 16.9 Å². The Balaban J connectivity index is 1.78. The number of hydrogen-bond acceptors (Lipinski definition) is 5. The zero-order valence-electron chi connectivity index (χ0n) is 16.3. The number of halogens is 2. The molecule has 0 fully saturated rings. The number of ether oxygens (including phenoxy) is 2. The average Bonchev–Trinajstić information content (AvgIpc) is 3.13. The molecule has 0 saturated heterocycles. The van der Waals surface area contributed by atoms with Crippen LogP contribution in [-0.2, 0) is 9.53 Å². The van der Waals surface area contributed by atoms with Crippen molar-refractivity contribution >= 4 is 51.4 Å². The number of hydrogen-bond donors (Lipinski definition) is 1. The predicted octanol–water partition coefficient (Wildman–Crippen LogP) is 6.22. The highest BCUT2D eigenvalue weighted by Crippen LogP contribution is 2.36. The zero-order chi connectivity index (χ0) is 21.7. The Morgan fingerprint density at radius 3 is 2.50 bits per heavy atom.